The molecule has 106 valence electrons. The van der Waals surface area contributed by atoms with Crippen LogP contribution in [0.15, 0.2) is 42.5 Å². The van der Waals surface area contributed by atoms with Crippen molar-refractivity contribution in [2.75, 3.05) is 7.05 Å². The first-order valence-corrected chi connectivity index (χ1v) is 7.12. The minimum atomic E-state index is -0.153. The van der Waals surface area contributed by atoms with Gasteiger partial charge in [0, 0.05) is 12.1 Å². The predicted molar refractivity (Wildman–Crippen MR) is 83.1 cm³/mol. The van der Waals surface area contributed by atoms with E-state index >= 15 is 0 Å². The molecule has 0 aromatic heterocycles. The Morgan fingerprint density at radius 1 is 1.00 bits per heavy atom. The highest BCUT2D eigenvalue weighted by Gasteiger charge is 2.05. The molecule has 0 saturated carbocycles. The molecule has 0 fully saturated rings. The Morgan fingerprint density at radius 2 is 1.65 bits per heavy atom. The summed E-state index contributed by atoms with van der Waals surface area (Å²) in [5.41, 5.74) is 4.25. The van der Waals surface area contributed by atoms with Crippen molar-refractivity contribution in [3.05, 3.63) is 59.4 Å². The van der Waals surface area contributed by atoms with Crippen molar-refractivity contribution in [1.29, 1.82) is 0 Å². The van der Waals surface area contributed by atoms with Crippen LogP contribution in [0.3, 0.4) is 0 Å². The second kappa shape index (κ2) is 6.67. The second-order valence-corrected chi connectivity index (χ2v) is 5.63. The summed E-state index contributed by atoms with van der Waals surface area (Å²) < 4.78 is 13.6. The molecule has 0 saturated heterocycles. The van der Waals surface area contributed by atoms with Crippen LogP contribution in [0.4, 0.5) is 4.39 Å². The highest BCUT2D eigenvalue weighted by Crippen LogP contribution is 2.23. The summed E-state index contributed by atoms with van der Waals surface area (Å²) in [7, 11) is 1.83. The molecular weight excluding hydrogens is 249 g/mol. The normalized spacial score (nSPS) is 11.1. The lowest BCUT2D eigenvalue weighted by Crippen LogP contribution is -2.07. The van der Waals surface area contributed by atoms with Gasteiger partial charge in [-0.3, -0.25) is 0 Å². The Hall–Kier alpha value is -1.67. The van der Waals surface area contributed by atoms with Crippen LogP contribution < -0.4 is 5.32 Å². The Balaban J connectivity index is 2.25. The van der Waals surface area contributed by atoms with E-state index < -0.39 is 0 Å². The summed E-state index contributed by atoms with van der Waals surface area (Å²) in [5, 5.41) is 2.99. The smallest absolute Gasteiger partial charge is 0.127 e. The van der Waals surface area contributed by atoms with Gasteiger partial charge in [0.1, 0.15) is 5.82 Å². The molecule has 0 radical (unpaired) electrons. The van der Waals surface area contributed by atoms with Crippen LogP contribution in [0.1, 0.15) is 25.0 Å². The highest BCUT2D eigenvalue weighted by atomic mass is 19.1. The highest BCUT2D eigenvalue weighted by molar-refractivity contribution is 5.64. The van der Waals surface area contributed by atoms with Crippen LogP contribution in [-0.2, 0) is 13.0 Å². The van der Waals surface area contributed by atoms with Gasteiger partial charge in [-0.1, -0.05) is 44.2 Å². The van der Waals surface area contributed by atoms with Crippen LogP contribution in [0.25, 0.3) is 11.1 Å². The fourth-order valence-electron chi connectivity index (χ4n) is 2.38. The summed E-state index contributed by atoms with van der Waals surface area (Å²) in [6.07, 6.45) is 1.09. The molecule has 0 unspecified atom stereocenters. The van der Waals surface area contributed by atoms with Crippen molar-refractivity contribution in [2.45, 2.75) is 26.8 Å². The van der Waals surface area contributed by atoms with Gasteiger partial charge >= 0.3 is 0 Å². The van der Waals surface area contributed by atoms with Gasteiger partial charge < -0.3 is 5.32 Å². The average molecular weight is 271 g/mol. The Kier molecular flexibility index (Phi) is 4.91. The predicted octanol–water partition coefficient (Wildman–Crippen LogP) is 4.41. The van der Waals surface area contributed by atoms with E-state index in [1.807, 2.05) is 19.2 Å². The zero-order valence-electron chi connectivity index (χ0n) is 12.4. The lowest BCUT2D eigenvalue weighted by molar-refractivity contribution is 0.601. The molecule has 0 atom stereocenters. The molecule has 2 rings (SSSR count). The van der Waals surface area contributed by atoms with Gasteiger partial charge in [0.2, 0.25) is 0 Å². The third-order valence-corrected chi connectivity index (χ3v) is 3.34. The molecule has 0 bridgehead atoms. The number of rotatable bonds is 5. The van der Waals surface area contributed by atoms with Crippen molar-refractivity contribution in [3.63, 3.8) is 0 Å². The largest absolute Gasteiger partial charge is 0.316 e. The van der Waals surface area contributed by atoms with E-state index in [-0.39, 0.29) is 5.82 Å². The lowest BCUT2D eigenvalue weighted by Gasteiger charge is -2.09. The van der Waals surface area contributed by atoms with E-state index in [1.165, 1.54) is 5.56 Å². The molecule has 1 N–H and O–H groups in total. The second-order valence-electron chi connectivity index (χ2n) is 5.63. The number of hydrogen-bond acceptors (Lipinski definition) is 1. The van der Waals surface area contributed by atoms with E-state index in [0.29, 0.717) is 18.0 Å². The third-order valence-electron chi connectivity index (χ3n) is 3.34. The molecule has 0 aliphatic heterocycles. The minimum absolute atomic E-state index is 0.153. The first kappa shape index (κ1) is 14.7. The molecule has 2 heteroatoms. The van der Waals surface area contributed by atoms with Crippen LogP contribution in [-0.4, -0.2) is 7.05 Å². The summed E-state index contributed by atoms with van der Waals surface area (Å²) in [6.45, 7) is 4.99. The number of halogens is 1. The van der Waals surface area contributed by atoms with E-state index in [9.17, 15) is 4.39 Å². The SMILES string of the molecule is CNCc1cc(-c2ccc(CC(C)C)cc2)ccc1F. The van der Waals surface area contributed by atoms with Gasteiger partial charge in [-0.05, 0) is 48.2 Å². The van der Waals surface area contributed by atoms with E-state index in [0.717, 1.165) is 17.5 Å². The van der Waals surface area contributed by atoms with Crippen molar-refractivity contribution >= 4 is 0 Å². The van der Waals surface area contributed by atoms with Crippen LogP contribution in [0, 0.1) is 11.7 Å². The molecule has 0 amide bonds. The Bertz CT molecular complexity index is 558. The summed E-state index contributed by atoms with van der Waals surface area (Å²) in [4.78, 5) is 0. The first-order valence-electron chi connectivity index (χ1n) is 7.12. The van der Waals surface area contributed by atoms with E-state index in [2.05, 4.69) is 43.4 Å². The third kappa shape index (κ3) is 3.67. The van der Waals surface area contributed by atoms with Gasteiger partial charge in [-0.15, -0.1) is 0 Å². The van der Waals surface area contributed by atoms with Crippen molar-refractivity contribution < 1.29 is 4.39 Å². The van der Waals surface area contributed by atoms with Crippen molar-refractivity contribution in [1.82, 2.24) is 5.32 Å². The quantitative estimate of drug-likeness (QED) is 0.849. The van der Waals surface area contributed by atoms with Gasteiger partial charge in [-0.25, -0.2) is 4.39 Å². The molecule has 0 aliphatic carbocycles. The van der Waals surface area contributed by atoms with Crippen LogP contribution >= 0.6 is 0 Å². The molecule has 2 aromatic rings. The number of hydrogen-bond donors (Lipinski definition) is 1. The molecule has 2 aromatic carbocycles. The summed E-state index contributed by atoms with van der Waals surface area (Å²) in [5.74, 6) is 0.508. The average Bonchev–Trinajstić information content (AvgIpc) is 2.42. The fraction of sp³-hybridized carbons (Fsp3) is 0.333. The number of benzene rings is 2. The summed E-state index contributed by atoms with van der Waals surface area (Å²) in [6, 6.07) is 13.9. The maximum Gasteiger partial charge on any atom is 0.127 e. The topological polar surface area (TPSA) is 12.0 Å². The van der Waals surface area contributed by atoms with Gasteiger partial charge in [0.05, 0.1) is 0 Å². The Labute approximate surface area is 120 Å². The number of nitrogens with one attached hydrogen (secondary N) is 1. The summed E-state index contributed by atoms with van der Waals surface area (Å²) >= 11 is 0. The van der Waals surface area contributed by atoms with Crippen LogP contribution in [0.2, 0.25) is 0 Å². The fourth-order valence-corrected chi connectivity index (χ4v) is 2.38. The van der Waals surface area contributed by atoms with Gasteiger partial charge in [-0.2, -0.15) is 0 Å². The standard InChI is InChI=1S/C18H22FN/c1-13(2)10-14-4-6-15(7-5-14)16-8-9-18(19)17(11-16)12-20-3/h4-9,11,13,20H,10,12H2,1-3H3. The molecule has 20 heavy (non-hydrogen) atoms. The van der Waals surface area contributed by atoms with E-state index in [4.69, 9.17) is 0 Å². The van der Waals surface area contributed by atoms with Crippen molar-refractivity contribution in [2.24, 2.45) is 5.92 Å². The first-order chi connectivity index (χ1) is 9.60. The molecule has 0 aliphatic rings. The molecular formula is C18H22FN. The minimum Gasteiger partial charge on any atom is -0.316 e. The molecule has 0 spiro atoms. The maximum absolute atomic E-state index is 13.6. The van der Waals surface area contributed by atoms with Gasteiger partial charge in [0.15, 0.2) is 0 Å². The van der Waals surface area contributed by atoms with Gasteiger partial charge in [0.25, 0.3) is 0 Å². The zero-order valence-corrected chi connectivity index (χ0v) is 12.4. The lowest BCUT2D eigenvalue weighted by atomic mass is 9.98. The zero-order chi connectivity index (χ0) is 14.5. The van der Waals surface area contributed by atoms with Crippen molar-refractivity contribution in [3.8, 4) is 11.1 Å². The molecule has 1 nitrogen and oxygen atoms in total. The maximum atomic E-state index is 13.6. The molecule has 0 heterocycles. The monoisotopic (exact) mass is 271 g/mol. The van der Waals surface area contributed by atoms with Crippen LogP contribution in [0.5, 0.6) is 0 Å². The van der Waals surface area contributed by atoms with E-state index in [1.54, 1.807) is 6.07 Å². The Morgan fingerprint density at radius 3 is 2.25 bits per heavy atom.